The number of amides is 2. The number of anilines is 1. The molecule has 1 atom stereocenters. The monoisotopic (exact) mass is 440 g/mol. The highest BCUT2D eigenvalue weighted by Crippen LogP contribution is 2.26. The predicted molar refractivity (Wildman–Crippen MR) is 104 cm³/mol. The standard InChI is InChI=1S/C19H24N2O10/c1-10(2)16(17(25)20-9-15(23)24)21(11(3)22)14-7-12(18(26)30-28-4)6-13(8-14)19(27)31-29-5/h6-8,10,16H,9H2,1-5H3,(H,20,25)(H,23,24)/t16-/m0/s1. The molecule has 2 amide bonds. The number of carboxylic acid groups (broad SMARTS) is 1. The third-order valence-corrected chi connectivity index (χ3v) is 3.92. The zero-order valence-electron chi connectivity index (χ0n) is 17.7. The summed E-state index contributed by atoms with van der Waals surface area (Å²) in [6.45, 7) is 3.81. The number of hydrogen-bond donors (Lipinski definition) is 2. The van der Waals surface area contributed by atoms with Gasteiger partial charge in [-0.05, 0) is 24.1 Å². The van der Waals surface area contributed by atoms with E-state index in [-0.39, 0.29) is 16.8 Å². The van der Waals surface area contributed by atoms with Crippen LogP contribution in [-0.4, -0.2) is 61.6 Å². The van der Waals surface area contributed by atoms with Crippen molar-refractivity contribution in [1.29, 1.82) is 0 Å². The fourth-order valence-corrected chi connectivity index (χ4v) is 2.76. The molecule has 0 aromatic heterocycles. The summed E-state index contributed by atoms with van der Waals surface area (Å²) >= 11 is 0. The van der Waals surface area contributed by atoms with E-state index < -0.39 is 48.2 Å². The van der Waals surface area contributed by atoms with Crippen LogP contribution >= 0.6 is 0 Å². The second-order valence-electron chi connectivity index (χ2n) is 6.53. The third kappa shape index (κ3) is 7.04. The summed E-state index contributed by atoms with van der Waals surface area (Å²) in [4.78, 5) is 78.9. The minimum absolute atomic E-state index is 0.00900. The first-order valence-corrected chi connectivity index (χ1v) is 8.97. The second-order valence-corrected chi connectivity index (χ2v) is 6.53. The van der Waals surface area contributed by atoms with Gasteiger partial charge in [-0.25, -0.2) is 9.59 Å². The number of carboxylic acids is 1. The van der Waals surface area contributed by atoms with Crippen LogP contribution in [0.1, 0.15) is 41.5 Å². The highest BCUT2D eigenvalue weighted by atomic mass is 17.2. The average molecular weight is 440 g/mol. The van der Waals surface area contributed by atoms with Crippen molar-refractivity contribution in [2.75, 3.05) is 25.7 Å². The lowest BCUT2D eigenvalue weighted by atomic mass is 9.99. The molecule has 31 heavy (non-hydrogen) atoms. The van der Waals surface area contributed by atoms with Gasteiger partial charge in [-0.15, -0.1) is 0 Å². The van der Waals surface area contributed by atoms with Crippen LogP contribution in [0.4, 0.5) is 5.69 Å². The Morgan fingerprint density at radius 3 is 1.81 bits per heavy atom. The summed E-state index contributed by atoms with van der Waals surface area (Å²) in [6.07, 6.45) is 0. The van der Waals surface area contributed by atoms with Crippen LogP contribution in [-0.2, 0) is 33.9 Å². The fourth-order valence-electron chi connectivity index (χ4n) is 2.76. The molecule has 1 rings (SSSR count). The van der Waals surface area contributed by atoms with Gasteiger partial charge in [0, 0.05) is 12.6 Å². The number of benzene rings is 1. The summed E-state index contributed by atoms with van der Waals surface area (Å²) in [6, 6.07) is 2.40. The lowest BCUT2D eigenvalue weighted by Gasteiger charge is -2.33. The smallest absolute Gasteiger partial charge is 0.373 e. The van der Waals surface area contributed by atoms with E-state index in [0.717, 1.165) is 25.2 Å². The van der Waals surface area contributed by atoms with Gasteiger partial charge in [0.25, 0.3) is 0 Å². The van der Waals surface area contributed by atoms with Crippen molar-refractivity contribution < 1.29 is 48.6 Å². The summed E-state index contributed by atoms with van der Waals surface area (Å²) < 4.78 is 0. The Hall–Kier alpha value is -3.51. The van der Waals surface area contributed by atoms with Crippen LogP contribution in [0, 0.1) is 5.92 Å². The van der Waals surface area contributed by atoms with Crippen molar-refractivity contribution >= 4 is 35.4 Å². The zero-order chi connectivity index (χ0) is 23.7. The molecule has 1 aromatic carbocycles. The Kier molecular flexibility index (Phi) is 9.57. The molecule has 0 spiro atoms. The second kappa shape index (κ2) is 11.6. The van der Waals surface area contributed by atoms with Gasteiger partial charge >= 0.3 is 17.9 Å². The average Bonchev–Trinajstić information content (AvgIpc) is 2.69. The number of hydrogen-bond acceptors (Lipinski definition) is 9. The van der Waals surface area contributed by atoms with E-state index in [2.05, 4.69) is 24.9 Å². The van der Waals surface area contributed by atoms with Crippen molar-refractivity contribution in [2.24, 2.45) is 5.92 Å². The molecule has 170 valence electrons. The number of carbonyl (C=O) groups is 5. The Morgan fingerprint density at radius 2 is 1.45 bits per heavy atom. The van der Waals surface area contributed by atoms with Crippen LogP contribution in [0.5, 0.6) is 0 Å². The van der Waals surface area contributed by atoms with Crippen LogP contribution in [0.2, 0.25) is 0 Å². The Balaban J connectivity index is 3.58. The molecule has 0 bridgehead atoms. The molecule has 1 aromatic rings. The van der Waals surface area contributed by atoms with Crippen LogP contribution in [0.15, 0.2) is 18.2 Å². The lowest BCUT2D eigenvalue weighted by molar-refractivity contribution is -0.216. The Bertz CT molecular complexity index is 816. The number of aliphatic carboxylic acids is 1. The van der Waals surface area contributed by atoms with E-state index in [1.54, 1.807) is 13.8 Å². The zero-order valence-corrected chi connectivity index (χ0v) is 17.7. The first kappa shape index (κ1) is 25.5. The third-order valence-electron chi connectivity index (χ3n) is 3.92. The minimum Gasteiger partial charge on any atom is -0.480 e. The van der Waals surface area contributed by atoms with E-state index in [9.17, 15) is 24.0 Å². The van der Waals surface area contributed by atoms with E-state index in [1.165, 1.54) is 19.1 Å². The molecule has 0 aliphatic rings. The van der Waals surface area contributed by atoms with Crippen molar-refractivity contribution in [2.45, 2.75) is 26.8 Å². The predicted octanol–water partition coefficient (Wildman–Crippen LogP) is 0.701. The molecule has 0 aliphatic carbocycles. The van der Waals surface area contributed by atoms with Crippen LogP contribution in [0.3, 0.4) is 0 Å². The summed E-state index contributed by atoms with van der Waals surface area (Å²) in [5.41, 5.74) is -0.366. The molecular formula is C19H24N2O10. The molecule has 0 aliphatic heterocycles. The maximum atomic E-state index is 12.7. The van der Waals surface area contributed by atoms with Gasteiger partial charge in [0.15, 0.2) is 0 Å². The highest BCUT2D eigenvalue weighted by molar-refractivity contribution is 6.03. The molecule has 0 fully saturated rings. The Labute approximate surface area is 177 Å². The lowest BCUT2D eigenvalue weighted by Crippen LogP contribution is -2.53. The van der Waals surface area contributed by atoms with Crippen molar-refractivity contribution in [3.8, 4) is 0 Å². The molecule has 0 radical (unpaired) electrons. The van der Waals surface area contributed by atoms with Crippen molar-refractivity contribution in [1.82, 2.24) is 5.32 Å². The van der Waals surface area contributed by atoms with E-state index in [1.807, 2.05) is 0 Å². The molecule has 0 saturated carbocycles. The molecule has 2 N–H and O–H groups in total. The fraction of sp³-hybridized carbons (Fsp3) is 0.421. The van der Waals surface area contributed by atoms with Crippen LogP contribution in [0.25, 0.3) is 0 Å². The first-order valence-electron chi connectivity index (χ1n) is 8.97. The van der Waals surface area contributed by atoms with Crippen molar-refractivity contribution in [3.63, 3.8) is 0 Å². The van der Waals surface area contributed by atoms with Crippen LogP contribution < -0.4 is 10.2 Å². The molecule has 0 heterocycles. The Morgan fingerprint density at radius 1 is 0.968 bits per heavy atom. The molecule has 0 saturated heterocycles. The quantitative estimate of drug-likeness (QED) is 0.392. The number of carbonyl (C=O) groups excluding carboxylic acids is 4. The first-order chi connectivity index (χ1) is 14.5. The molecule has 12 heteroatoms. The number of rotatable bonds is 10. The van der Waals surface area contributed by atoms with Gasteiger partial charge in [0.2, 0.25) is 11.8 Å². The van der Waals surface area contributed by atoms with Gasteiger partial charge in [-0.3, -0.25) is 29.1 Å². The summed E-state index contributed by atoms with van der Waals surface area (Å²) in [5.74, 6) is -5.03. The van der Waals surface area contributed by atoms with Gasteiger partial charge in [-0.2, -0.15) is 9.78 Å². The normalized spacial score (nSPS) is 11.4. The van der Waals surface area contributed by atoms with Crippen molar-refractivity contribution in [3.05, 3.63) is 29.3 Å². The highest BCUT2D eigenvalue weighted by Gasteiger charge is 2.33. The minimum atomic E-state index is -1.26. The maximum absolute atomic E-state index is 12.7. The van der Waals surface area contributed by atoms with Gasteiger partial charge in [0.05, 0.1) is 25.3 Å². The largest absolute Gasteiger partial charge is 0.480 e. The number of nitrogens with zero attached hydrogens (tertiary/aromatic N) is 1. The maximum Gasteiger partial charge on any atom is 0.373 e. The van der Waals surface area contributed by atoms with Gasteiger partial charge in [-0.1, -0.05) is 13.8 Å². The SMILES string of the molecule is COOC(=O)c1cc(C(=O)OOC)cc(N(C(C)=O)[C@H](C(=O)NCC(=O)O)C(C)C)c1. The van der Waals surface area contributed by atoms with E-state index >= 15 is 0 Å². The molecule has 0 unspecified atom stereocenters. The van der Waals surface area contributed by atoms with Gasteiger partial charge < -0.3 is 10.4 Å². The van der Waals surface area contributed by atoms with E-state index in [4.69, 9.17) is 5.11 Å². The number of nitrogens with one attached hydrogen (secondary N) is 1. The van der Waals surface area contributed by atoms with Gasteiger partial charge in [0.1, 0.15) is 12.6 Å². The summed E-state index contributed by atoms with van der Waals surface area (Å²) in [5, 5.41) is 11.1. The van der Waals surface area contributed by atoms with E-state index in [0.29, 0.717) is 0 Å². The molecular weight excluding hydrogens is 416 g/mol. The summed E-state index contributed by atoms with van der Waals surface area (Å²) in [7, 11) is 2.20. The topological polar surface area (TPSA) is 158 Å². The molecule has 12 nitrogen and oxygen atoms in total.